The number of aryl methyl sites for hydroxylation is 1. The summed E-state index contributed by atoms with van der Waals surface area (Å²) in [5, 5.41) is 0.341. The highest BCUT2D eigenvalue weighted by Gasteiger charge is 2.14. The fraction of sp³-hybridized carbons (Fsp3) is 0.263. The average Bonchev–Trinajstić information content (AvgIpc) is 2.58. The van der Waals surface area contributed by atoms with Crippen LogP contribution in [0.5, 0.6) is 0 Å². The summed E-state index contributed by atoms with van der Waals surface area (Å²) in [5.74, 6) is -0.695. The first-order valence-electron chi connectivity index (χ1n) is 8.15. The fourth-order valence-corrected chi connectivity index (χ4v) is 4.08. The van der Waals surface area contributed by atoms with E-state index >= 15 is 0 Å². The first kappa shape index (κ1) is 18.1. The molecule has 0 saturated heterocycles. The standard InChI is InChI=1S/C19H17Br2NO3/c1-2-3-4-5-12-6-8-14(9-7-12)22-18(23)15-10-13(20)11-16(21)17(15)25-19(22)24/h6-11H,2-5H2,1H3. The van der Waals surface area contributed by atoms with Crippen molar-refractivity contribution in [2.24, 2.45) is 0 Å². The third kappa shape index (κ3) is 3.80. The molecule has 1 aromatic heterocycles. The Kier molecular flexibility index (Phi) is 5.59. The quantitative estimate of drug-likeness (QED) is 0.485. The first-order chi connectivity index (χ1) is 12.0. The van der Waals surface area contributed by atoms with Crippen molar-refractivity contribution in [2.45, 2.75) is 32.6 Å². The van der Waals surface area contributed by atoms with E-state index in [4.69, 9.17) is 4.42 Å². The minimum atomic E-state index is -0.695. The minimum absolute atomic E-state index is 0.255. The van der Waals surface area contributed by atoms with Gasteiger partial charge in [0.05, 0.1) is 15.5 Å². The van der Waals surface area contributed by atoms with Crippen LogP contribution in [0.15, 0.2) is 59.3 Å². The molecule has 0 radical (unpaired) electrons. The maximum atomic E-state index is 12.8. The molecular weight excluding hydrogens is 450 g/mol. The number of rotatable bonds is 5. The molecular formula is C19H17Br2NO3. The van der Waals surface area contributed by atoms with Crippen LogP contribution in [0.1, 0.15) is 31.7 Å². The summed E-state index contributed by atoms with van der Waals surface area (Å²) in [6.45, 7) is 2.17. The second-order valence-corrected chi connectivity index (χ2v) is 7.67. The number of unbranched alkanes of at least 4 members (excludes halogenated alkanes) is 2. The number of hydrogen-bond donors (Lipinski definition) is 0. The van der Waals surface area contributed by atoms with Crippen LogP contribution in [0.25, 0.3) is 16.7 Å². The Morgan fingerprint density at radius 3 is 2.44 bits per heavy atom. The van der Waals surface area contributed by atoms with E-state index in [1.807, 2.05) is 12.1 Å². The molecule has 6 heteroatoms. The molecule has 0 bridgehead atoms. The Bertz CT molecular complexity index is 1020. The zero-order valence-corrected chi connectivity index (χ0v) is 16.9. The van der Waals surface area contributed by atoms with E-state index in [0.29, 0.717) is 15.5 Å². The van der Waals surface area contributed by atoms with E-state index in [1.165, 1.54) is 18.4 Å². The Morgan fingerprint density at radius 1 is 1.04 bits per heavy atom. The summed E-state index contributed by atoms with van der Waals surface area (Å²) in [6, 6.07) is 10.9. The molecule has 4 nitrogen and oxygen atoms in total. The molecule has 0 aliphatic rings. The fourth-order valence-electron chi connectivity index (χ4n) is 2.77. The van der Waals surface area contributed by atoms with Gasteiger partial charge in [-0.25, -0.2) is 9.36 Å². The molecule has 0 aliphatic carbocycles. The Morgan fingerprint density at radius 2 is 1.76 bits per heavy atom. The van der Waals surface area contributed by atoms with Crippen LogP contribution in [0.2, 0.25) is 0 Å². The highest BCUT2D eigenvalue weighted by atomic mass is 79.9. The van der Waals surface area contributed by atoms with E-state index in [-0.39, 0.29) is 5.58 Å². The molecule has 0 fully saturated rings. The number of nitrogens with zero attached hydrogens (tertiary/aromatic N) is 1. The van der Waals surface area contributed by atoms with Crippen molar-refractivity contribution in [1.82, 2.24) is 4.57 Å². The van der Waals surface area contributed by atoms with Crippen molar-refractivity contribution in [3.05, 3.63) is 71.8 Å². The van der Waals surface area contributed by atoms with Crippen molar-refractivity contribution in [3.8, 4) is 5.69 Å². The van der Waals surface area contributed by atoms with Gasteiger partial charge in [0.15, 0.2) is 5.58 Å². The van der Waals surface area contributed by atoms with Crippen LogP contribution >= 0.6 is 31.9 Å². The largest absolute Gasteiger partial charge is 0.427 e. The summed E-state index contributed by atoms with van der Waals surface area (Å²) < 4.78 is 7.72. The van der Waals surface area contributed by atoms with Crippen LogP contribution in [-0.4, -0.2) is 4.57 Å². The summed E-state index contributed by atoms with van der Waals surface area (Å²) in [5.41, 5.74) is 1.56. The second-order valence-electron chi connectivity index (χ2n) is 5.90. The molecule has 130 valence electrons. The van der Waals surface area contributed by atoms with Crippen LogP contribution in [0.4, 0.5) is 0 Å². The lowest BCUT2D eigenvalue weighted by molar-refractivity contribution is 0.502. The maximum Gasteiger partial charge on any atom is 0.427 e. The lowest BCUT2D eigenvalue weighted by atomic mass is 10.1. The molecule has 0 N–H and O–H groups in total. The molecule has 0 saturated carbocycles. The number of aromatic nitrogens is 1. The Balaban J connectivity index is 2.07. The SMILES string of the molecule is CCCCCc1ccc(-n2c(=O)oc3c(Br)cc(Br)cc3c2=O)cc1. The molecule has 0 aliphatic heterocycles. The second kappa shape index (κ2) is 7.70. The molecule has 2 aromatic carbocycles. The monoisotopic (exact) mass is 465 g/mol. The lowest BCUT2D eigenvalue weighted by Crippen LogP contribution is -2.31. The van der Waals surface area contributed by atoms with Gasteiger partial charge >= 0.3 is 5.76 Å². The van der Waals surface area contributed by atoms with Gasteiger partial charge < -0.3 is 4.42 Å². The van der Waals surface area contributed by atoms with Gasteiger partial charge in [-0.05, 0) is 58.6 Å². The summed E-state index contributed by atoms with van der Waals surface area (Å²) in [7, 11) is 0. The van der Waals surface area contributed by atoms with Gasteiger partial charge in [0.2, 0.25) is 0 Å². The van der Waals surface area contributed by atoms with Gasteiger partial charge in [0.1, 0.15) is 0 Å². The molecule has 3 aromatic rings. The van der Waals surface area contributed by atoms with Gasteiger partial charge in [-0.15, -0.1) is 0 Å². The van der Waals surface area contributed by atoms with E-state index in [0.717, 1.165) is 21.9 Å². The molecule has 0 unspecified atom stereocenters. The van der Waals surface area contributed by atoms with Gasteiger partial charge in [-0.2, -0.15) is 0 Å². The van der Waals surface area contributed by atoms with E-state index < -0.39 is 11.3 Å². The number of benzene rings is 2. The van der Waals surface area contributed by atoms with Gasteiger partial charge in [0, 0.05) is 4.47 Å². The lowest BCUT2D eigenvalue weighted by Gasteiger charge is -2.08. The molecule has 0 atom stereocenters. The Labute approximate surface area is 161 Å². The Hall–Kier alpha value is -1.66. The van der Waals surface area contributed by atoms with E-state index in [9.17, 15) is 9.59 Å². The predicted molar refractivity (Wildman–Crippen MR) is 107 cm³/mol. The molecule has 3 rings (SSSR count). The van der Waals surface area contributed by atoms with Crippen LogP contribution in [0.3, 0.4) is 0 Å². The van der Waals surface area contributed by atoms with Crippen molar-refractivity contribution >= 4 is 42.8 Å². The average molecular weight is 467 g/mol. The van der Waals surface area contributed by atoms with Crippen LogP contribution in [-0.2, 0) is 6.42 Å². The molecule has 0 amide bonds. The van der Waals surface area contributed by atoms with E-state index in [1.54, 1.807) is 24.3 Å². The van der Waals surface area contributed by atoms with Gasteiger partial charge in [-0.1, -0.05) is 47.8 Å². The van der Waals surface area contributed by atoms with Crippen molar-refractivity contribution in [1.29, 1.82) is 0 Å². The number of fused-ring (bicyclic) bond motifs is 1. The maximum absolute atomic E-state index is 12.8. The van der Waals surface area contributed by atoms with E-state index in [2.05, 4.69) is 38.8 Å². The van der Waals surface area contributed by atoms with Crippen LogP contribution in [0, 0.1) is 0 Å². The molecule has 25 heavy (non-hydrogen) atoms. The topological polar surface area (TPSA) is 52.2 Å². The third-order valence-corrected chi connectivity index (χ3v) is 5.12. The minimum Gasteiger partial charge on any atom is -0.408 e. The summed E-state index contributed by atoms with van der Waals surface area (Å²) in [6.07, 6.45) is 4.50. The molecule has 0 spiro atoms. The highest BCUT2D eigenvalue weighted by molar-refractivity contribution is 9.11. The summed E-state index contributed by atoms with van der Waals surface area (Å²) >= 11 is 6.68. The highest BCUT2D eigenvalue weighted by Crippen LogP contribution is 2.26. The first-order valence-corrected chi connectivity index (χ1v) is 9.74. The predicted octanol–water partition coefficient (Wildman–Crippen LogP) is 5.20. The van der Waals surface area contributed by atoms with Crippen molar-refractivity contribution in [2.75, 3.05) is 0 Å². The summed E-state index contributed by atoms with van der Waals surface area (Å²) in [4.78, 5) is 25.2. The smallest absolute Gasteiger partial charge is 0.408 e. The van der Waals surface area contributed by atoms with Crippen LogP contribution < -0.4 is 11.3 Å². The van der Waals surface area contributed by atoms with Gasteiger partial charge in [-0.3, -0.25) is 4.79 Å². The zero-order valence-electron chi connectivity index (χ0n) is 13.7. The molecule has 1 heterocycles. The third-order valence-electron chi connectivity index (χ3n) is 4.08. The number of hydrogen-bond acceptors (Lipinski definition) is 3. The normalized spacial score (nSPS) is 11.2. The zero-order chi connectivity index (χ0) is 18.0. The number of halogens is 2. The van der Waals surface area contributed by atoms with Crippen molar-refractivity contribution < 1.29 is 4.42 Å². The van der Waals surface area contributed by atoms with Gasteiger partial charge in [0.25, 0.3) is 5.56 Å². The van der Waals surface area contributed by atoms with Crippen molar-refractivity contribution in [3.63, 3.8) is 0 Å².